The van der Waals surface area contributed by atoms with Gasteiger partial charge in [0.1, 0.15) is 5.78 Å². The summed E-state index contributed by atoms with van der Waals surface area (Å²) < 4.78 is 0. The Bertz CT molecular complexity index is 412. The van der Waals surface area contributed by atoms with Crippen molar-refractivity contribution in [1.29, 1.82) is 0 Å². The predicted octanol–water partition coefficient (Wildman–Crippen LogP) is 4.49. The molecule has 23 heavy (non-hydrogen) atoms. The lowest BCUT2D eigenvalue weighted by molar-refractivity contribution is -0.137. The smallest absolute Gasteiger partial charge is 0.222 e. The van der Waals surface area contributed by atoms with Crippen molar-refractivity contribution in [3.63, 3.8) is 0 Å². The fraction of sp³-hybridized carbons (Fsp3) is 0.900. The number of fused-ring (bicyclic) bond motifs is 1. The first-order valence-electron chi connectivity index (χ1n) is 10.1. The molecule has 3 rings (SSSR count). The minimum atomic E-state index is 0.302. The molecular weight excluding hydrogens is 286 g/mol. The van der Waals surface area contributed by atoms with Crippen LogP contribution >= 0.6 is 0 Å². The third kappa shape index (κ3) is 4.36. The number of nitrogens with zero attached hydrogens (tertiary/aromatic N) is 1. The van der Waals surface area contributed by atoms with Gasteiger partial charge in [-0.1, -0.05) is 32.1 Å². The van der Waals surface area contributed by atoms with Crippen LogP contribution < -0.4 is 0 Å². The van der Waals surface area contributed by atoms with E-state index in [1.165, 1.54) is 57.8 Å². The topological polar surface area (TPSA) is 37.4 Å². The second-order valence-corrected chi connectivity index (χ2v) is 8.00. The fourth-order valence-corrected chi connectivity index (χ4v) is 5.12. The Labute approximate surface area is 141 Å². The highest BCUT2D eigenvalue weighted by Gasteiger charge is 2.35. The molecule has 0 aromatic carbocycles. The zero-order valence-electron chi connectivity index (χ0n) is 14.6. The van der Waals surface area contributed by atoms with E-state index < -0.39 is 0 Å². The van der Waals surface area contributed by atoms with Gasteiger partial charge in [0.05, 0.1) is 0 Å². The summed E-state index contributed by atoms with van der Waals surface area (Å²) in [6, 6.07) is 0.513. The average Bonchev–Trinajstić information content (AvgIpc) is 2.61. The molecule has 1 saturated heterocycles. The molecule has 3 heteroatoms. The number of likely N-dealkylation sites (tertiary alicyclic amines) is 1. The highest BCUT2D eigenvalue weighted by molar-refractivity contribution is 5.82. The highest BCUT2D eigenvalue weighted by atomic mass is 16.2. The van der Waals surface area contributed by atoms with E-state index in [1.54, 1.807) is 0 Å². The van der Waals surface area contributed by atoms with Crippen LogP contribution in [-0.4, -0.2) is 29.2 Å². The zero-order chi connectivity index (χ0) is 16.1. The van der Waals surface area contributed by atoms with E-state index in [2.05, 4.69) is 4.90 Å². The van der Waals surface area contributed by atoms with Crippen LogP contribution in [0.2, 0.25) is 0 Å². The van der Waals surface area contributed by atoms with Gasteiger partial charge in [-0.05, 0) is 50.9 Å². The molecule has 1 heterocycles. The maximum atomic E-state index is 12.6. The van der Waals surface area contributed by atoms with Crippen molar-refractivity contribution in [3.8, 4) is 0 Å². The molecule has 3 nitrogen and oxygen atoms in total. The number of hydrogen-bond acceptors (Lipinski definition) is 2. The molecule has 2 atom stereocenters. The molecule has 1 aliphatic heterocycles. The molecule has 0 N–H and O–H groups in total. The minimum absolute atomic E-state index is 0.302. The zero-order valence-corrected chi connectivity index (χ0v) is 14.6. The Morgan fingerprint density at radius 3 is 2.30 bits per heavy atom. The summed E-state index contributed by atoms with van der Waals surface area (Å²) >= 11 is 0. The predicted molar refractivity (Wildman–Crippen MR) is 92.1 cm³/mol. The van der Waals surface area contributed by atoms with E-state index in [0.717, 1.165) is 31.7 Å². The van der Waals surface area contributed by atoms with Gasteiger partial charge in [0.15, 0.2) is 0 Å². The number of piperidine rings is 1. The lowest BCUT2D eigenvalue weighted by Gasteiger charge is -2.44. The Kier molecular flexibility index (Phi) is 6.13. The first-order chi connectivity index (χ1) is 11.3. The molecule has 1 amide bonds. The summed E-state index contributed by atoms with van der Waals surface area (Å²) in [7, 11) is 0. The lowest BCUT2D eigenvalue weighted by Crippen LogP contribution is -2.49. The summed E-state index contributed by atoms with van der Waals surface area (Å²) in [5.41, 5.74) is 0. The second kappa shape index (κ2) is 8.30. The minimum Gasteiger partial charge on any atom is -0.339 e. The lowest BCUT2D eigenvalue weighted by atomic mass is 9.78. The quantitative estimate of drug-likeness (QED) is 0.749. The Morgan fingerprint density at radius 2 is 1.48 bits per heavy atom. The van der Waals surface area contributed by atoms with E-state index in [1.807, 2.05) is 0 Å². The maximum absolute atomic E-state index is 12.6. The number of amides is 1. The molecule has 3 aliphatic rings. The molecule has 0 spiro atoms. The van der Waals surface area contributed by atoms with Crippen molar-refractivity contribution < 1.29 is 9.59 Å². The van der Waals surface area contributed by atoms with Crippen LogP contribution in [0.4, 0.5) is 0 Å². The second-order valence-electron chi connectivity index (χ2n) is 8.00. The number of Topliss-reactive ketones (excluding diaryl/α,β-unsaturated/α-hetero) is 1. The van der Waals surface area contributed by atoms with Gasteiger partial charge in [0, 0.05) is 31.3 Å². The van der Waals surface area contributed by atoms with E-state index in [9.17, 15) is 9.59 Å². The molecule has 2 unspecified atom stereocenters. The molecule has 0 radical (unpaired) electrons. The van der Waals surface area contributed by atoms with Crippen molar-refractivity contribution in [2.75, 3.05) is 6.54 Å². The number of carbonyl (C=O) groups is 2. The molecule has 2 saturated carbocycles. The number of carbonyl (C=O) groups excluding carboxylic acids is 2. The van der Waals surface area contributed by atoms with E-state index in [4.69, 9.17) is 0 Å². The summed E-state index contributed by atoms with van der Waals surface area (Å²) in [6.07, 6.45) is 15.5. The van der Waals surface area contributed by atoms with Crippen molar-refractivity contribution in [2.45, 2.75) is 95.9 Å². The van der Waals surface area contributed by atoms with Crippen LogP contribution in [0.1, 0.15) is 89.9 Å². The van der Waals surface area contributed by atoms with Gasteiger partial charge in [-0.3, -0.25) is 9.59 Å². The summed E-state index contributed by atoms with van der Waals surface area (Å²) in [5.74, 6) is 1.80. The third-order valence-electron chi connectivity index (χ3n) is 6.44. The van der Waals surface area contributed by atoms with Crippen LogP contribution in [0.3, 0.4) is 0 Å². The maximum Gasteiger partial charge on any atom is 0.222 e. The highest BCUT2D eigenvalue weighted by Crippen LogP contribution is 2.35. The van der Waals surface area contributed by atoms with Crippen molar-refractivity contribution >= 4 is 11.7 Å². The van der Waals surface area contributed by atoms with Crippen LogP contribution in [0, 0.1) is 11.8 Å². The molecular formula is C20H33NO2. The van der Waals surface area contributed by atoms with Gasteiger partial charge in [-0.15, -0.1) is 0 Å². The first kappa shape index (κ1) is 17.0. The van der Waals surface area contributed by atoms with E-state index in [-0.39, 0.29) is 0 Å². The summed E-state index contributed by atoms with van der Waals surface area (Å²) in [6.45, 7) is 0.955. The van der Waals surface area contributed by atoms with Gasteiger partial charge >= 0.3 is 0 Å². The average molecular weight is 319 g/mol. The van der Waals surface area contributed by atoms with Crippen LogP contribution in [0.15, 0.2) is 0 Å². The summed E-state index contributed by atoms with van der Waals surface area (Å²) in [5, 5.41) is 0. The molecule has 0 aromatic heterocycles. The molecule has 3 fully saturated rings. The van der Waals surface area contributed by atoms with Gasteiger partial charge in [0.2, 0.25) is 5.91 Å². The first-order valence-corrected chi connectivity index (χ1v) is 10.1. The standard InChI is InChI=1S/C20H33NO2/c22-19(17-9-2-1-3-10-17)13-6-14-20(23)21-15-7-11-16-8-4-5-12-18(16)21/h16-18H,1-15H2. The van der Waals surface area contributed by atoms with E-state index >= 15 is 0 Å². The molecule has 2 aliphatic carbocycles. The van der Waals surface area contributed by atoms with Crippen molar-refractivity contribution in [3.05, 3.63) is 0 Å². The monoisotopic (exact) mass is 319 g/mol. The van der Waals surface area contributed by atoms with Crippen LogP contribution in [-0.2, 0) is 9.59 Å². The van der Waals surface area contributed by atoms with Crippen LogP contribution in [0.5, 0.6) is 0 Å². The van der Waals surface area contributed by atoms with Crippen molar-refractivity contribution in [2.24, 2.45) is 11.8 Å². The van der Waals surface area contributed by atoms with Crippen molar-refractivity contribution in [1.82, 2.24) is 4.90 Å². The third-order valence-corrected chi connectivity index (χ3v) is 6.44. The van der Waals surface area contributed by atoms with Gasteiger partial charge in [-0.2, -0.15) is 0 Å². The van der Waals surface area contributed by atoms with Crippen LogP contribution in [0.25, 0.3) is 0 Å². The fourth-order valence-electron chi connectivity index (χ4n) is 5.12. The molecule has 0 aromatic rings. The van der Waals surface area contributed by atoms with Gasteiger partial charge in [-0.25, -0.2) is 0 Å². The number of hydrogen-bond donors (Lipinski definition) is 0. The van der Waals surface area contributed by atoms with Gasteiger partial charge < -0.3 is 4.90 Å². The normalized spacial score (nSPS) is 29.1. The number of ketones is 1. The largest absolute Gasteiger partial charge is 0.339 e. The molecule has 0 bridgehead atoms. The molecule has 130 valence electrons. The van der Waals surface area contributed by atoms with E-state index in [0.29, 0.717) is 36.5 Å². The summed E-state index contributed by atoms with van der Waals surface area (Å²) in [4.78, 5) is 27.1. The Balaban J connectivity index is 1.42. The Hall–Kier alpha value is -0.860. The Morgan fingerprint density at radius 1 is 0.783 bits per heavy atom. The van der Waals surface area contributed by atoms with Gasteiger partial charge in [0.25, 0.3) is 0 Å². The number of rotatable bonds is 5. The SMILES string of the molecule is O=C(CCCC(=O)N1CCCC2CCCCC21)C1CCCCC1.